The minimum absolute atomic E-state index is 0.0822. The zero-order valence-corrected chi connectivity index (χ0v) is 11.4. The Hall–Kier alpha value is -0.120. The second-order valence-electron chi connectivity index (χ2n) is 5.83. The second-order valence-corrected chi connectivity index (χ2v) is 5.83. The van der Waals surface area contributed by atoms with Crippen LogP contribution in [-0.4, -0.2) is 59.8 Å². The molecule has 1 saturated heterocycles. The van der Waals surface area contributed by atoms with Crippen LogP contribution in [0.1, 0.15) is 45.4 Å². The Kier molecular flexibility index (Phi) is 4.83. The third-order valence-electron chi connectivity index (χ3n) is 4.54. The number of likely N-dealkylation sites (N-methyl/N-ethyl adjacent to an activating group) is 1. The van der Waals surface area contributed by atoms with E-state index in [1.807, 2.05) is 0 Å². The highest BCUT2D eigenvalue weighted by molar-refractivity contribution is 4.89. The van der Waals surface area contributed by atoms with Crippen molar-refractivity contribution >= 4 is 0 Å². The number of hydrogen-bond donors (Lipinski definition) is 1. The van der Waals surface area contributed by atoms with E-state index in [0.717, 1.165) is 6.42 Å². The van der Waals surface area contributed by atoms with Gasteiger partial charge in [-0.2, -0.15) is 0 Å². The molecule has 3 nitrogen and oxygen atoms in total. The zero-order chi connectivity index (χ0) is 12.3. The standard InChI is InChI=1S/C14H28N2O/c1-3-12-11-15(2)9-6-10-16(12)13-7-4-5-8-14(13)17/h12-14,17H,3-11H2,1-2H3/t12?,13-,14-/m0/s1. The summed E-state index contributed by atoms with van der Waals surface area (Å²) < 4.78 is 0. The molecule has 3 atom stereocenters. The van der Waals surface area contributed by atoms with Crippen LogP contribution >= 0.6 is 0 Å². The summed E-state index contributed by atoms with van der Waals surface area (Å²) in [5.41, 5.74) is 0. The fraction of sp³-hybridized carbons (Fsp3) is 1.00. The number of aliphatic hydroxyl groups is 1. The van der Waals surface area contributed by atoms with Crippen molar-refractivity contribution < 1.29 is 5.11 Å². The predicted molar refractivity (Wildman–Crippen MR) is 71.2 cm³/mol. The van der Waals surface area contributed by atoms with E-state index in [4.69, 9.17) is 0 Å². The summed E-state index contributed by atoms with van der Waals surface area (Å²) in [5.74, 6) is 0. The van der Waals surface area contributed by atoms with Crippen LogP contribution in [0.2, 0.25) is 0 Å². The normalized spacial score (nSPS) is 37.9. The maximum atomic E-state index is 10.2. The molecule has 3 heteroatoms. The molecule has 0 spiro atoms. The molecule has 17 heavy (non-hydrogen) atoms. The van der Waals surface area contributed by atoms with Gasteiger partial charge >= 0.3 is 0 Å². The number of rotatable bonds is 2. The fourth-order valence-corrected chi connectivity index (χ4v) is 3.54. The lowest BCUT2D eigenvalue weighted by atomic mass is 9.90. The first kappa shape index (κ1) is 13.3. The smallest absolute Gasteiger partial charge is 0.0695 e. The molecule has 0 aromatic rings. The maximum absolute atomic E-state index is 10.2. The molecule has 1 saturated carbocycles. The minimum atomic E-state index is -0.0822. The van der Waals surface area contributed by atoms with Gasteiger partial charge in [0.15, 0.2) is 0 Å². The fourth-order valence-electron chi connectivity index (χ4n) is 3.54. The first-order chi connectivity index (χ1) is 8.22. The third-order valence-corrected chi connectivity index (χ3v) is 4.54. The molecule has 1 unspecified atom stereocenters. The lowest BCUT2D eigenvalue weighted by molar-refractivity contribution is -0.00137. The average molecular weight is 240 g/mol. The Morgan fingerprint density at radius 3 is 2.59 bits per heavy atom. The summed E-state index contributed by atoms with van der Waals surface area (Å²) in [5, 5.41) is 10.2. The van der Waals surface area contributed by atoms with Crippen molar-refractivity contribution in [2.24, 2.45) is 0 Å². The van der Waals surface area contributed by atoms with Crippen molar-refractivity contribution in [2.75, 3.05) is 26.7 Å². The van der Waals surface area contributed by atoms with E-state index in [1.54, 1.807) is 0 Å². The SMILES string of the molecule is CCC1CN(C)CCCN1[C@H]1CCCC[C@@H]1O. The van der Waals surface area contributed by atoms with Crippen molar-refractivity contribution in [1.82, 2.24) is 9.80 Å². The third kappa shape index (κ3) is 3.21. The van der Waals surface area contributed by atoms with Crippen LogP contribution in [0.4, 0.5) is 0 Å². The zero-order valence-electron chi connectivity index (χ0n) is 11.4. The first-order valence-electron chi connectivity index (χ1n) is 7.34. The average Bonchev–Trinajstić information content (AvgIpc) is 2.51. The maximum Gasteiger partial charge on any atom is 0.0695 e. The Morgan fingerprint density at radius 2 is 1.88 bits per heavy atom. The summed E-state index contributed by atoms with van der Waals surface area (Å²) in [4.78, 5) is 5.07. The number of aliphatic hydroxyl groups excluding tert-OH is 1. The van der Waals surface area contributed by atoms with E-state index in [0.29, 0.717) is 12.1 Å². The van der Waals surface area contributed by atoms with Gasteiger partial charge in [0, 0.05) is 25.2 Å². The second kappa shape index (κ2) is 6.17. The molecule has 2 aliphatic rings. The highest BCUT2D eigenvalue weighted by Crippen LogP contribution is 2.27. The molecule has 0 radical (unpaired) electrons. The van der Waals surface area contributed by atoms with Crippen molar-refractivity contribution in [3.63, 3.8) is 0 Å². The van der Waals surface area contributed by atoms with Gasteiger partial charge in [-0.15, -0.1) is 0 Å². The molecule has 1 aliphatic heterocycles. The monoisotopic (exact) mass is 240 g/mol. The van der Waals surface area contributed by atoms with Gasteiger partial charge in [0.1, 0.15) is 0 Å². The number of hydrogen-bond acceptors (Lipinski definition) is 3. The van der Waals surface area contributed by atoms with E-state index in [-0.39, 0.29) is 6.10 Å². The first-order valence-corrected chi connectivity index (χ1v) is 7.34. The quantitative estimate of drug-likeness (QED) is 0.796. The van der Waals surface area contributed by atoms with Crippen LogP contribution in [0.3, 0.4) is 0 Å². The summed E-state index contributed by atoms with van der Waals surface area (Å²) in [6.07, 6.45) is 7.08. The molecule has 0 amide bonds. The Morgan fingerprint density at radius 1 is 1.12 bits per heavy atom. The van der Waals surface area contributed by atoms with Crippen LogP contribution in [0.15, 0.2) is 0 Å². The number of nitrogens with zero attached hydrogens (tertiary/aromatic N) is 2. The van der Waals surface area contributed by atoms with Crippen molar-refractivity contribution in [3.8, 4) is 0 Å². The molecule has 0 aromatic carbocycles. The van der Waals surface area contributed by atoms with Gasteiger partial charge in [0.2, 0.25) is 0 Å². The van der Waals surface area contributed by atoms with E-state index < -0.39 is 0 Å². The van der Waals surface area contributed by atoms with Crippen LogP contribution < -0.4 is 0 Å². The van der Waals surface area contributed by atoms with Crippen molar-refractivity contribution in [3.05, 3.63) is 0 Å². The summed E-state index contributed by atoms with van der Waals surface area (Å²) in [7, 11) is 2.23. The molecule has 0 bridgehead atoms. The van der Waals surface area contributed by atoms with Gasteiger partial charge < -0.3 is 10.0 Å². The largest absolute Gasteiger partial charge is 0.391 e. The van der Waals surface area contributed by atoms with Crippen molar-refractivity contribution in [2.45, 2.75) is 63.6 Å². The van der Waals surface area contributed by atoms with E-state index in [1.165, 1.54) is 51.7 Å². The summed E-state index contributed by atoms with van der Waals surface area (Å²) in [6, 6.07) is 1.07. The van der Waals surface area contributed by atoms with Gasteiger partial charge in [-0.1, -0.05) is 19.8 Å². The van der Waals surface area contributed by atoms with Gasteiger partial charge in [0.25, 0.3) is 0 Å². The highest BCUT2D eigenvalue weighted by Gasteiger charge is 2.33. The molecule has 2 fully saturated rings. The Bertz CT molecular complexity index is 234. The predicted octanol–water partition coefficient (Wildman–Crippen LogP) is 1.71. The molecule has 1 aliphatic carbocycles. The summed E-state index contributed by atoms with van der Waals surface area (Å²) >= 11 is 0. The summed E-state index contributed by atoms with van der Waals surface area (Å²) in [6.45, 7) is 5.83. The molecule has 1 N–H and O–H groups in total. The van der Waals surface area contributed by atoms with Gasteiger partial charge in [-0.3, -0.25) is 4.90 Å². The Labute approximate surface area is 106 Å². The lowest BCUT2D eigenvalue weighted by Crippen LogP contribution is -2.51. The van der Waals surface area contributed by atoms with Crippen LogP contribution in [0.25, 0.3) is 0 Å². The van der Waals surface area contributed by atoms with E-state index in [9.17, 15) is 5.11 Å². The molecule has 1 heterocycles. The molecule has 100 valence electrons. The van der Waals surface area contributed by atoms with Crippen LogP contribution in [-0.2, 0) is 0 Å². The minimum Gasteiger partial charge on any atom is -0.391 e. The van der Waals surface area contributed by atoms with Crippen LogP contribution in [0, 0.1) is 0 Å². The lowest BCUT2D eigenvalue weighted by Gasteiger charge is -2.41. The van der Waals surface area contributed by atoms with E-state index in [2.05, 4.69) is 23.8 Å². The molecule has 2 rings (SSSR count). The van der Waals surface area contributed by atoms with E-state index >= 15 is 0 Å². The molecule has 0 aromatic heterocycles. The van der Waals surface area contributed by atoms with Crippen LogP contribution in [0.5, 0.6) is 0 Å². The topological polar surface area (TPSA) is 26.7 Å². The van der Waals surface area contributed by atoms with Gasteiger partial charge in [0.05, 0.1) is 6.10 Å². The van der Waals surface area contributed by atoms with Gasteiger partial charge in [-0.25, -0.2) is 0 Å². The van der Waals surface area contributed by atoms with Crippen molar-refractivity contribution in [1.29, 1.82) is 0 Å². The Balaban J connectivity index is 2.04. The highest BCUT2D eigenvalue weighted by atomic mass is 16.3. The molecular formula is C14H28N2O. The molecular weight excluding hydrogens is 212 g/mol. The van der Waals surface area contributed by atoms with Gasteiger partial charge in [-0.05, 0) is 39.3 Å².